The third-order valence-corrected chi connectivity index (χ3v) is 12.9. The first-order chi connectivity index (χ1) is 27.5. The number of aromatic nitrogens is 1. The summed E-state index contributed by atoms with van der Waals surface area (Å²) in [4.78, 5) is 17.3. The van der Waals surface area contributed by atoms with Gasteiger partial charge in [-0.25, -0.2) is 13.2 Å². The molecule has 5 atom stereocenters. The molecule has 16 heteroatoms. The fraction of sp³-hybridized carbons (Fsp3) is 0.415. The Bertz CT molecular complexity index is 1960. The van der Waals surface area contributed by atoms with Gasteiger partial charge < -0.3 is 38.4 Å². The fourth-order valence-electron chi connectivity index (χ4n) is 6.55. The van der Waals surface area contributed by atoms with Crippen molar-refractivity contribution in [1.29, 1.82) is 0 Å². The third kappa shape index (κ3) is 12.2. The number of hydrogen-bond donors (Lipinski definition) is 2. The quantitative estimate of drug-likeness (QED) is 0.0976. The Morgan fingerprint density at radius 2 is 1.58 bits per heavy atom. The molecule has 3 aromatic carbocycles. The number of hydrogen-bond acceptors (Lipinski definition) is 12. The molecular weight excluding hydrogens is 774 g/mol. The Balaban J connectivity index is 1.15. The number of alkyl carbamates (subject to hydrolysis) is 1. The van der Waals surface area contributed by atoms with E-state index in [1.54, 1.807) is 24.3 Å². The normalized spacial score (nSPS) is 19.3. The average molecular weight is 824 g/mol. The summed E-state index contributed by atoms with van der Waals surface area (Å²) in [7, 11) is -7.79. The van der Waals surface area contributed by atoms with E-state index in [1.807, 2.05) is 74.5 Å². The van der Waals surface area contributed by atoms with Crippen molar-refractivity contribution in [1.82, 2.24) is 14.6 Å². The lowest BCUT2D eigenvalue weighted by atomic mass is 10.0. The van der Waals surface area contributed by atoms with Crippen LogP contribution in [0.2, 0.25) is 0 Å². The minimum Gasteiger partial charge on any atom is -0.481 e. The number of amides is 1. The number of fused-ring (bicyclic) bond motifs is 1. The number of carbonyl (C=O) groups excluding carboxylic acids is 1. The average Bonchev–Trinajstić information content (AvgIpc) is 3.85. The van der Waals surface area contributed by atoms with Gasteiger partial charge in [0.2, 0.25) is 10.0 Å². The maximum Gasteiger partial charge on any atom is 0.407 e. The van der Waals surface area contributed by atoms with E-state index in [9.17, 15) is 22.9 Å². The molecule has 14 nitrogen and oxygen atoms in total. The molecule has 0 saturated carbocycles. The highest BCUT2D eigenvalue weighted by Gasteiger charge is 2.44. The number of pyridine rings is 1. The highest BCUT2D eigenvalue weighted by atomic mass is 32.2. The molecule has 306 valence electrons. The Labute approximate surface area is 334 Å². The second-order valence-corrected chi connectivity index (χ2v) is 18.4. The van der Waals surface area contributed by atoms with Gasteiger partial charge in [-0.05, 0) is 59.7 Å². The van der Waals surface area contributed by atoms with E-state index >= 15 is 0 Å². The number of rotatable bonds is 20. The summed E-state index contributed by atoms with van der Waals surface area (Å²) >= 11 is 0. The number of sulfonamides is 1. The van der Waals surface area contributed by atoms with Gasteiger partial charge in [-0.2, -0.15) is 4.31 Å². The first kappa shape index (κ1) is 42.4. The zero-order valence-electron chi connectivity index (χ0n) is 32.0. The van der Waals surface area contributed by atoms with Crippen LogP contribution in [-0.2, 0) is 57.5 Å². The summed E-state index contributed by atoms with van der Waals surface area (Å²) < 4.78 is 77.1. The number of nitrogens with zero attached hydrogens (tertiary/aromatic N) is 2. The lowest BCUT2D eigenvalue weighted by Gasteiger charge is -2.31. The van der Waals surface area contributed by atoms with E-state index in [0.717, 1.165) is 11.1 Å². The van der Waals surface area contributed by atoms with Crippen molar-refractivity contribution in [2.45, 2.75) is 69.3 Å². The Morgan fingerprint density at radius 1 is 0.912 bits per heavy atom. The molecule has 1 amide bonds. The molecular formula is C41H50N3O11PS. The summed E-state index contributed by atoms with van der Waals surface area (Å²) in [6.07, 6.45) is 0.112. The molecule has 0 bridgehead atoms. The molecule has 57 heavy (non-hydrogen) atoms. The van der Waals surface area contributed by atoms with Gasteiger partial charge in [0, 0.05) is 25.5 Å². The topological polar surface area (TPSA) is 172 Å². The first-order valence-electron chi connectivity index (χ1n) is 18.9. The zero-order chi connectivity index (χ0) is 40.3. The van der Waals surface area contributed by atoms with Gasteiger partial charge in [-0.15, -0.1) is 0 Å². The highest BCUT2D eigenvalue weighted by Crippen LogP contribution is 2.49. The zero-order valence-corrected chi connectivity index (χ0v) is 33.7. The Morgan fingerprint density at radius 3 is 2.19 bits per heavy atom. The largest absolute Gasteiger partial charge is 0.481 e. The third-order valence-electron chi connectivity index (χ3n) is 9.55. The van der Waals surface area contributed by atoms with Crippen LogP contribution in [0.4, 0.5) is 4.79 Å². The summed E-state index contributed by atoms with van der Waals surface area (Å²) in [6, 6.07) is 27.5. The van der Waals surface area contributed by atoms with Crippen LogP contribution in [0, 0.1) is 11.8 Å². The predicted molar refractivity (Wildman–Crippen MR) is 211 cm³/mol. The fourth-order valence-corrected chi connectivity index (χ4v) is 9.36. The molecule has 0 radical (unpaired) electrons. The van der Waals surface area contributed by atoms with Crippen LogP contribution in [-0.4, -0.2) is 86.1 Å². The summed E-state index contributed by atoms with van der Waals surface area (Å²) in [5.74, 6) is 0.218. The minimum absolute atomic E-state index is 0.00703. The Kier molecular flexibility index (Phi) is 14.9. The monoisotopic (exact) mass is 823 g/mol. The SMILES string of the molecule is CC(C)CN(C[C@@H](O)[C@H](Cc1ccc(OCP(=O)(OCc2ccccc2)OCc2ccccc2)cc1)NC(=O)OC1CO[C@H]2OCC[C@@H]12)S(=O)(=O)c1cccnc1. The van der Waals surface area contributed by atoms with Crippen molar-refractivity contribution in [3.63, 3.8) is 0 Å². The van der Waals surface area contributed by atoms with Crippen LogP contribution >= 0.6 is 7.60 Å². The van der Waals surface area contributed by atoms with Gasteiger partial charge in [-0.3, -0.25) is 9.55 Å². The number of benzene rings is 3. The van der Waals surface area contributed by atoms with Gasteiger partial charge in [0.05, 0.1) is 44.5 Å². The van der Waals surface area contributed by atoms with E-state index in [-0.39, 0.29) is 62.4 Å². The summed E-state index contributed by atoms with van der Waals surface area (Å²) in [5.41, 5.74) is 2.35. The molecule has 1 unspecified atom stereocenters. The standard InChI is InChI=1S/C41H50N3O11PS/c1-30(2)24-44(57(48,49)35-14-9-20-42-23-35)25-38(45)37(43-41(46)55-39-28-51-40-36(39)19-21-50-40)22-31-15-17-34(18-16-31)52-29-56(47,53-26-32-10-5-3-6-11-32)54-27-33-12-7-4-8-13-33/h3-18,20,23,30,36-40,45H,19,21-22,24-29H2,1-2H3,(H,43,46)/t36-,37-,38+,39?,40+/m0/s1. The van der Waals surface area contributed by atoms with Gasteiger partial charge in [0.25, 0.3) is 0 Å². The van der Waals surface area contributed by atoms with Crippen molar-refractivity contribution >= 4 is 23.7 Å². The molecule has 3 heterocycles. The van der Waals surface area contributed by atoms with Crippen molar-refractivity contribution in [3.05, 3.63) is 126 Å². The van der Waals surface area contributed by atoms with Crippen molar-refractivity contribution in [2.75, 3.05) is 32.7 Å². The van der Waals surface area contributed by atoms with Crippen LogP contribution in [0.1, 0.15) is 37.0 Å². The number of carbonyl (C=O) groups is 1. The molecule has 0 spiro atoms. The van der Waals surface area contributed by atoms with Crippen LogP contribution in [0.25, 0.3) is 0 Å². The van der Waals surface area contributed by atoms with Crippen LogP contribution in [0.3, 0.4) is 0 Å². The molecule has 2 saturated heterocycles. The van der Waals surface area contributed by atoms with Crippen LogP contribution in [0.15, 0.2) is 114 Å². The van der Waals surface area contributed by atoms with E-state index in [0.29, 0.717) is 24.3 Å². The van der Waals surface area contributed by atoms with Crippen LogP contribution < -0.4 is 10.1 Å². The van der Waals surface area contributed by atoms with Gasteiger partial charge in [0.1, 0.15) is 16.7 Å². The molecule has 1 aromatic heterocycles. The minimum atomic E-state index is -4.04. The molecule has 2 fully saturated rings. The second kappa shape index (κ2) is 20.0. The van der Waals surface area contributed by atoms with Gasteiger partial charge in [0.15, 0.2) is 12.6 Å². The highest BCUT2D eigenvalue weighted by molar-refractivity contribution is 7.89. The molecule has 2 N–H and O–H groups in total. The maximum atomic E-state index is 13.9. The summed E-state index contributed by atoms with van der Waals surface area (Å²) in [6.45, 7) is 4.38. The first-order valence-corrected chi connectivity index (χ1v) is 22.1. The molecule has 6 rings (SSSR count). The number of nitrogens with one attached hydrogen (secondary N) is 1. The van der Waals surface area contributed by atoms with E-state index in [1.165, 1.54) is 28.8 Å². The molecule has 2 aliphatic heterocycles. The van der Waals surface area contributed by atoms with E-state index in [2.05, 4.69) is 10.3 Å². The lowest BCUT2D eigenvalue weighted by Crippen LogP contribution is -2.51. The maximum absolute atomic E-state index is 13.9. The summed E-state index contributed by atoms with van der Waals surface area (Å²) in [5, 5.41) is 14.5. The molecule has 2 aliphatic rings. The predicted octanol–water partition coefficient (Wildman–Crippen LogP) is 6.15. The lowest BCUT2D eigenvalue weighted by molar-refractivity contribution is -0.0907. The Hall–Kier alpha value is -4.18. The molecule has 0 aliphatic carbocycles. The number of aliphatic hydroxyl groups is 1. The smallest absolute Gasteiger partial charge is 0.407 e. The number of aliphatic hydroxyl groups excluding tert-OH is 1. The second-order valence-electron chi connectivity index (χ2n) is 14.4. The van der Waals surface area contributed by atoms with Gasteiger partial charge in [-0.1, -0.05) is 86.6 Å². The van der Waals surface area contributed by atoms with Crippen molar-refractivity contribution < 1.29 is 50.9 Å². The van der Waals surface area contributed by atoms with Gasteiger partial charge >= 0.3 is 13.7 Å². The van der Waals surface area contributed by atoms with Crippen molar-refractivity contribution in [2.24, 2.45) is 11.8 Å². The van der Waals surface area contributed by atoms with E-state index in [4.69, 9.17) is 28.0 Å². The molecule has 4 aromatic rings. The van der Waals surface area contributed by atoms with E-state index < -0.39 is 48.3 Å². The van der Waals surface area contributed by atoms with Crippen molar-refractivity contribution in [3.8, 4) is 5.75 Å². The van der Waals surface area contributed by atoms with Crippen LogP contribution in [0.5, 0.6) is 5.75 Å². The number of ether oxygens (including phenoxy) is 4.